The Kier molecular flexibility index (Phi) is 6.75. The molecule has 0 aliphatic heterocycles. The molecule has 92 valence electrons. The van der Waals surface area contributed by atoms with Crippen molar-refractivity contribution in [2.45, 2.75) is 20.8 Å². The normalized spacial score (nSPS) is 9.11. The molecule has 0 saturated carbocycles. The average molecular weight is 254 g/mol. The van der Waals surface area contributed by atoms with E-state index in [1.54, 1.807) is 6.92 Å². The first-order valence-electron chi connectivity index (χ1n) is 6.22. The Labute approximate surface area is 116 Å². The molecule has 2 rings (SSSR count). The number of benzene rings is 2. The maximum absolute atomic E-state index is 8.93. The van der Waals surface area contributed by atoms with E-state index in [1.807, 2.05) is 0 Å². The monoisotopic (exact) mass is 254 g/mol. The summed E-state index contributed by atoms with van der Waals surface area (Å²) in [5, 5.41) is 8.93. The molecule has 0 bridgehead atoms. The van der Waals surface area contributed by atoms with Crippen molar-refractivity contribution in [3.8, 4) is 0 Å². The predicted octanol–water partition coefficient (Wildman–Crippen LogP) is 1.33. The zero-order chi connectivity index (χ0) is 13.4. The second kappa shape index (κ2) is 8.11. The van der Waals surface area contributed by atoms with Gasteiger partial charge in [-0.2, -0.15) is 0 Å². The van der Waals surface area contributed by atoms with Crippen molar-refractivity contribution < 1.29 is 5.11 Å². The molecule has 0 atom stereocenters. The first-order valence-corrected chi connectivity index (χ1v) is 7.37. The fourth-order valence-corrected chi connectivity index (χ4v) is 2.67. The number of aryl methyl sites for hydroxylation is 2. The van der Waals surface area contributed by atoms with Gasteiger partial charge in [0.15, 0.2) is 0 Å². The first-order chi connectivity index (χ1) is 8.65. The average Bonchev–Trinajstić information content (AvgIpc) is 2.36. The summed E-state index contributed by atoms with van der Waals surface area (Å²) < 4.78 is 2.92. The molecule has 1 nitrogen and oxygen atoms in total. The van der Waals surface area contributed by atoms with Gasteiger partial charge in [0.2, 0.25) is 0 Å². The molecule has 0 aliphatic carbocycles. The van der Waals surface area contributed by atoms with E-state index in [4.69, 9.17) is 5.11 Å². The van der Waals surface area contributed by atoms with Gasteiger partial charge in [-0.15, -0.1) is 6.61 Å². The molecule has 0 aliphatic rings. The molecule has 18 heavy (non-hydrogen) atoms. The number of hydrogen-bond acceptors (Lipinski definition) is 1. The van der Waals surface area contributed by atoms with Gasteiger partial charge in [0.1, 0.15) is 0 Å². The van der Waals surface area contributed by atoms with Crippen LogP contribution >= 0.6 is 0 Å². The van der Waals surface area contributed by atoms with Gasteiger partial charge in [0.05, 0.1) is 0 Å². The van der Waals surface area contributed by atoms with E-state index < -0.39 is 0 Å². The summed E-state index contributed by atoms with van der Waals surface area (Å²) >= 11 is 0.252. The molecule has 2 aromatic rings. The van der Waals surface area contributed by atoms with Crippen LogP contribution in [0.3, 0.4) is 0 Å². The molecule has 0 heterocycles. The van der Waals surface area contributed by atoms with Gasteiger partial charge in [0, 0.05) is 0 Å². The van der Waals surface area contributed by atoms with Gasteiger partial charge in [-0.3, -0.25) is 0 Å². The Morgan fingerprint density at radius 1 is 0.778 bits per heavy atom. The fourth-order valence-electron chi connectivity index (χ4n) is 1.52. The Hall–Kier alpha value is -1.07. The van der Waals surface area contributed by atoms with Gasteiger partial charge < -0.3 is 5.11 Å². The molecule has 0 aromatic heterocycles. The van der Waals surface area contributed by atoms with E-state index >= 15 is 0 Å². The van der Waals surface area contributed by atoms with Crippen molar-refractivity contribution in [3.63, 3.8) is 0 Å². The van der Waals surface area contributed by atoms with Crippen LogP contribution in [0.2, 0.25) is 0 Å². The molecule has 0 fully saturated rings. The molecule has 2 aromatic carbocycles. The third kappa shape index (κ3) is 5.51. The van der Waals surface area contributed by atoms with Crippen LogP contribution < -0.4 is 14.0 Å². The molecule has 0 N–H and O–H groups in total. The maximum atomic E-state index is 8.93. The molecular weight excluding hydrogens is 235 g/mol. The van der Waals surface area contributed by atoms with E-state index in [1.165, 1.54) is 20.0 Å². The van der Waals surface area contributed by atoms with Crippen LogP contribution in [0.1, 0.15) is 18.1 Å². The summed E-state index contributed by atoms with van der Waals surface area (Å²) in [5.74, 6) is 0. The molecule has 0 unspecified atom stereocenters. The molecule has 0 saturated heterocycles. The Balaban J connectivity index is 0.000000492. The molecular formula is C16H19AlO. The Bertz CT molecular complexity index is 402. The molecule has 0 radical (unpaired) electrons. The van der Waals surface area contributed by atoms with Gasteiger partial charge in [-0.1, -0.05) is 6.92 Å². The number of rotatable bonds is 2. The van der Waals surface area contributed by atoms with E-state index in [0.717, 1.165) is 0 Å². The Morgan fingerprint density at radius 3 is 1.33 bits per heavy atom. The third-order valence-electron chi connectivity index (χ3n) is 2.49. The zero-order valence-electron chi connectivity index (χ0n) is 11.3. The standard InChI is InChI=1S/2C7H7.C2H5O.Al/c2*1-7-5-3-2-4-6-7;1-2-3;/h2*3-6H,1H3;2H2,1H3;/q;;-1;+1. The van der Waals surface area contributed by atoms with Gasteiger partial charge in [-0.25, -0.2) is 0 Å². The van der Waals surface area contributed by atoms with Crippen LogP contribution in [-0.4, -0.2) is 21.8 Å². The summed E-state index contributed by atoms with van der Waals surface area (Å²) in [6.07, 6.45) is 0. The second-order valence-electron chi connectivity index (χ2n) is 4.25. The van der Waals surface area contributed by atoms with Crippen molar-refractivity contribution in [2.75, 3.05) is 6.61 Å². The molecule has 2 heteroatoms. The third-order valence-corrected chi connectivity index (χ3v) is 3.92. The van der Waals surface area contributed by atoms with Gasteiger partial charge >= 0.3 is 97.6 Å². The van der Waals surface area contributed by atoms with E-state index in [9.17, 15) is 0 Å². The van der Waals surface area contributed by atoms with Crippen LogP contribution in [0.15, 0.2) is 48.5 Å². The van der Waals surface area contributed by atoms with Crippen molar-refractivity contribution in [1.29, 1.82) is 0 Å². The fraction of sp³-hybridized carbons (Fsp3) is 0.250. The minimum absolute atomic E-state index is 0. The van der Waals surface area contributed by atoms with Crippen LogP contribution in [0.4, 0.5) is 0 Å². The summed E-state index contributed by atoms with van der Waals surface area (Å²) in [5.41, 5.74) is 2.67. The van der Waals surface area contributed by atoms with Gasteiger partial charge in [-0.05, 0) is 0 Å². The summed E-state index contributed by atoms with van der Waals surface area (Å²) in [6.45, 7) is 5.83. The van der Waals surface area contributed by atoms with Crippen LogP contribution in [0, 0.1) is 13.8 Å². The predicted molar refractivity (Wildman–Crippen MR) is 77.9 cm³/mol. The number of hydrogen-bond donors (Lipinski definition) is 0. The van der Waals surface area contributed by atoms with Crippen molar-refractivity contribution in [2.24, 2.45) is 0 Å². The van der Waals surface area contributed by atoms with E-state index in [2.05, 4.69) is 62.4 Å². The van der Waals surface area contributed by atoms with Gasteiger partial charge in [0.25, 0.3) is 0 Å². The van der Waals surface area contributed by atoms with Crippen LogP contribution in [0.5, 0.6) is 0 Å². The second-order valence-corrected chi connectivity index (χ2v) is 5.88. The first kappa shape index (κ1) is 15.0. The zero-order valence-corrected chi connectivity index (χ0v) is 12.5. The van der Waals surface area contributed by atoms with E-state index in [0.29, 0.717) is 0 Å². The topological polar surface area (TPSA) is 23.1 Å². The van der Waals surface area contributed by atoms with Crippen molar-refractivity contribution >= 4 is 24.1 Å². The van der Waals surface area contributed by atoms with Crippen LogP contribution in [0.25, 0.3) is 0 Å². The quantitative estimate of drug-likeness (QED) is 0.741. The summed E-state index contributed by atoms with van der Waals surface area (Å²) in [4.78, 5) is 0. The molecule has 0 spiro atoms. The SMILES string of the molecule is CC[O-].Cc1cc[c]([Al+][c]2ccc(C)cc2)cc1. The van der Waals surface area contributed by atoms with Crippen molar-refractivity contribution in [3.05, 3.63) is 59.7 Å². The molecule has 0 amide bonds. The minimum atomic E-state index is 0. The summed E-state index contributed by atoms with van der Waals surface area (Å²) in [7, 11) is 0. The Morgan fingerprint density at radius 2 is 1.06 bits per heavy atom. The van der Waals surface area contributed by atoms with Crippen LogP contribution in [-0.2, 0) is 0 Å². The summed E-state index contributed by atoms with van der Waals surface area (Å²) in [6, 6.07) is 17.7. The van der Waals surface area contributed by atoms with Crippen molar-refractivity contribution in [1.82, 2.24) is 0 Å². The van der Waals surface area contributed by atoms with E-state index in [-0.39, 0.29) is 21.8 Å².